The third-order valence-corrected chi connectivity index (χ3v) is 6.16. The first-order valence-corrected chi connectivity index (χ1v) is 12.1. The molecular weight excluding hydrogens is 475 g/mol. The van der Waals surface area contributed by atoms with Gasteiger partial charge < -0.3 is 24.6 Å². The van der Waals surface area contributed by atoms with Gasteiger partial charge in [-0.2, -0.15) is 13.2 Å². The summed E-state index contributed by atoms with van der Waals surface area (Å²) in [6.07, 6.45) is -1.63. The standard InChI is InChI=1S/C27H34F3NO5/c1-25(2)35-19-26(18-32,31-24(33)36-25)15-14-21-12-13-23(22(17-21)27(28,29)30)34-16-8-4-7-11-20-9-5-3-6-10-20/h3,5-6,9-10,12-13,17,32H,4,7-8,11,14-16,18-19H2,1-2H3,(H,31,33). The van der Waals surface area contributed by atoms with Gasteiger partial charge in [0.15, 0.2) is 0 Å². The normalized spacial score (nSPS) is 19.8. The van der Waals surface area contributed by atoms with Gasteiger partial charge >= 0.3 is 12.3 Å². The summed E-state index contributed by atoms with van der Waals surface area (Å²) in [6, 6.07) is 14.0. The van der Waals surface area contributed by atoms with E-state index in [0.29, 0.717) is 12.0 Å². The number of benzene rings is 2. The van der Waals surface area contributed by atoms with Gasteiger partial charge in [-0.25, -0.2) is 4.79 Å². The number of unbranched alkanes of at least 4 members (excludes halogenated alkanes) is 2. The molecule has 6 nitrogen and oxygen atoms in total. The number of aryl methyl sites for hydroxylation is 2. The molecule has 1 unspecified atom stereocenters. The number of halogens is 3. The zero-order valence-electron chi connectivity index (χ0n) is 20.7. The lowest BCUT2D eigenvalue weighted by atomic mass is 9.92. The van der Waals surface area contributed by atoms with Crippen molar-refractivity contribution < 1.29 is 37.3 Å². The van der Waals surface area contributed by atoms with Crippen LogP contribution in [0.3, 0.4) is 0 Å². The molecule has 3 rings (SSSR count). The van der Waals surface area contributed by atoms with Crippen LogP contribution in [0.4, 0.5) is 18.0 Å². The molecule has 2 N–H and O–H groups in total. The van der Waals surface area contributed by atoms with E-state index in [4.69, 9.17) is 14.2 Å². The molecule has 9 heteroatoms. The molecule has 1 fully saturated rings. The highest BCUT2D eigenvalue weighted by Gasteiger charge is 2.40. The van der Waals surface area contributed by atoms with E-state index in [0.717, 1.165) is 25.3 Å². The fourth-order valence-corrected chi connectivity index (χ4v) is 4.04. The minimum atomic E-state index is -4.58. The Hall–Kier alpha value is -2.78. The summed E-state index contributed by atoms with van der Waals surface area (Å²) >= 11 is 0. The number of carbonyl (C=O) groups is 1. The Morgan fingerprint density at radius 1 is 1.03 bits per heavy atom. The predicted molar refractivity (Wildman–Crippen MR) is 129 cm³/mol. The Kier molecular flexibility index (Phi) is 9.24. The van der Waals surface area contributed by atoms with Gasteiger partial charge in [0.25, 0.3) is 0 Å². The molecule has 1 heterocycles. The summed E-state index contributed by atoms with van der Waals surface area (Å²) in [5, 5.41) is 12.5. The monoisotopic (exact) mass is 509 g/mol. The second kappa shape index (κ2) is 12.0. The van der Waals surface area contributed by atoms with Crippen LogP contribution in [0.2, 0.25) is 0 Å². The third-order valence-electron chi connectivity index (χ3n) is 6.16. The molecule has 198 valence electrons. The van der Waals surface area contributed by atoms with Gasteiger partial charge in [0, 0.05) is 13.8 Å². The van der Waals surface area contributed by atoms with E-state index in [1.165, 1.54) is 11.6 Å². The van der Waals surface area contributed by atoms with Crippen molar-refractivity contribution in [2.75, 3.05) is 19.8 Å². The molecule has 0 aromatic heterocycles. The van der Waals surface area contributed by atoms with Gasteiger partial charge in [0.05, 0.1) is 30.9 Å². The molecule has 1 atom stereocenters. The van der Waals surface area contributed by atoms with Gasteiger partial charge in [0.2, 0.25) is 5.79 Å². The molecule has 1 saturated heterocycles. The fourth-order valence-electron chi connectivity index (χ4n) is 4.04. The maximum absolute atomic E-state index is 13.8. The van der Waals surface area contributed by atoms with Crippen LogP contribution < -0.4 is 10.1 Å². The lowest BCUT2D eigenvalue weighted by Gasteiger charge is -2.30. The van der Waals surface area contributed by atoms with Crippen molar-refractivity contribution in [2.45, 2.75) is 69.9 Å². The van der Waals surface area contributed by atoms with Crippen molar-refractivity contribution in [1.29, 1.82) is 0 Å². The van der Waals surface area contributed by atoms with E-state index < -0.39 is 35.8 Å². The van der Waals surface area contributed by atoms with E-state index in [2.05, 4.69) is 17.4 Å². The maximum Gasteiger partial charge on any atom is 0.419 e. The van der Waals surface area contributed by atoms with E-state index >= 15 is 0 Å². The Bertz CT molecular complexity index is 997. The molecule has 1 amide bonds. The summed E-state index contributed by atoms with van der Waals surface area (Å²) in [5.74, 6) is -1.38. The van der Waals surface area contributed by atoms with Crippen molar-refractivity contribution in [1.82, 2.24) is 5.32 Å². The number of cyclic esters (lactones) is 1. The van der Waals surface area contributed by atoms with Gasteiger partial charge in [-0.1, -0.05) is 36.4 Å². The zero-order valence-corrected chi connectivity index (χ0v) is 20.7. The second-order valence-electron chi connectivity index (χ2n) is 9.61. The van der Waals surface area contributed by atoms with Crippen LogP contribution in [0.25, 0.3) is 0 Å². The van der Waals surface area contributed by atoms with Crippen molar-refractivity contribution >= 4 is 6.09 Å². The number of alkyl halides is 3. The number of rotatable bonds is 11. The summed E-state index contributed by atoms with van der Waals surface area (Å²) < 4.78 is 57.5. The number of amides is 1. The van der Waals surface area contributed by atoms with E-state index in [1.54, 1.807) is 19.9 Å². The molecule has 36 heavy (non-hydrogen) atoms. The van der Waals surface area contributed by atoms with Crippen LogP contribution in [-0.2, 0) is 28.5 Å². The summed E-state index contributed by atoms with van der Waals surface area (Å²) in [4.78, 5) is 12.1. The largest absolute Gasteiger partial charge is 0.493 e. The number of hydrogen-bond donors (Lipinski definition) is 2. The van der Waals surface area contributed by atoms with Crippen molar-refractivity contribution in [2.24, 2.45) is 0 Å². The highest BCUT2D eigenvalue weighted by molar-refractivity contribution is 5.69. The molecule has 2 aromatic rings. The number of aliphatic hydroxyl groups excluding tert-OH is 1. The van der Waals surface area contributed by atoms with Gasteiger partial charge in [-0.3, -0.25) is 0 Å². The molecule has 0 aliphatic carbocycles. The van der Waals surface area contributed by atoms with Crippen LogP contribution >= 0.6 is 0 Å². The molecule has 0 radical (unpaired) electrons. The van der Waals surface area contributed by atoms with Crippen LogP contribution in [0, 0.1) is 0 Å². The van der Waals surface area contributed by atoms with Gasteiger partial charge in [-0.15, -0.1) is 0 Å². The number of nitrogens with one attached hydrogen (secondary N) is 1. The average Bonchev–Trinajstić information content (AvgIpc) is 2.95. The molecular formula is C27H34F3NO5. The third kappa shape index (κ3) is 8.13. The SMILES string of the molecule is CC1(C)OCC(CO)(CCc2ccc(OCCCCCc3ccccc3)c(C(F)(F)F)c2)NC(=O)O1. The lowest BCUT2D eigenvalue weighted by molar-refractivity contribution is -0.173. The molecule has 0 spiro atoms. The summed E-state index contributed by atoms with van der Waals surface area (Å²) in [5.41, 5.74) is -0.363. The number of carbonyl (C=O) groups excluding carboxylic acids is 1. The first-order chi connectivity index (χ1) is 17.0. The predicted octanol–water partition coefficient (Wildman–Crippen LogP) is 5.65. The molecule has 0 saturated carbocycles. The molecule has 1 aliphatic rings. The molecule has 0 bridgehead atoms. The van der Waals surface area contributed by atoms with Crippen molar-refractivity contribution in [3.8, 4) is 5.75 Å². The quantitative estimate of drug-likeness (QED) is 0.383. The first kappa shape index (κ1) is 27.8. The summed E-state index contributed by atoms with van der Waals surface area (Å²) in [7, 11) is 0. The van der Waals surface area contributed by atoms with Crippen LogP contribution in [0.15, 0.2) is 48.5 Å². The average molecular weight is 510 g/mol. The maximum atomic E-state index is 13.8. The number of ether oxygens (including phenoxy) is 3. The minimum absolute atomic E-state index is 0.0418. The van der Waals surface area contributed by atoms with E-state index in [-0.39, 0.29) is 31.8 Å². The van der Waals surface area contributed by atoms with Crippen LogP contribution in [0.5, 0.6) is 5.75 Å². The Morgan fingerprint density at radius 3 is 2.47 bits per heavy atom. The van der Waals surface area contributed by atoms with E-state index in [9.17, 15) is 23.1 Å². The van der Waals surface area contributed by atoms with Gasteiger partial charge in [-0.05, 0) is 61.8 Å². The van der Waals surface area contributed by atoms with Gasteiger partial charge in [0.1, 0.15) is 5.75 Å². The topological polar surface area (TPSA) is 77.0 Å². The molecule has 2 aromatic carbocycles. The first-order valence-electron chi connectivity index (χ1n) is 12.1. The van der Waals surface area contributed by atoms with Crippen LogP contribution in [0.1, 0.15) is 56.2 Å². The second-order valence-corrected chi connectivity index (χ2v) is 9.61. The Balaban J connectivity index is 1.57. The number of alkyl carbamates (subject to hydrolysis) is 1. The fraction of sp³-hybridized carbons (Fsp3) is 0.519. The highest BCUT2D eigenvalue weighted by Crippen LogP contribution is 2.37. The van der Waals surface area contributed by atoms with Crippen LogP contribution in [-0.4, -0.2) is 42.3 Å². The van der Waals surface area contributed by atoms with E-state index in [1.807, 2.05) is 18.2 Å². The summed E-state index contributed by atoms with van der Waals surface area (Å²) in [6.45, 7) is 2.84. The minimum Gasteiger partial charge on any atom is -0.493 e. The smallest absolute Gasteiger partial charge is 0.419 e. The number of aliphatic hydroxyl groups is 1. The molecule has 1 aliphatic heterocycles. The van der Waals surface area contributed by atoms with Crippen molar-refractivity contribution in [3.05, 3.63) is 65.2 Å². The Morgan fingerprint density at radius 2 is 1.78 bits per heavy atom. The zero-order chi connectivity index (χ0) is 26.2. The van der Waals surface area contributed by atoms with Crippen molar-refractivity contribution in [3.63, 3.8) is 0 Å². The lowest BCUT2D eigenvalue weighted by Crippen LogP contribution is -2.53. The highest BCUT2D eigenvalue weighted by atomic mass is 19.4. The number of hydrogen-bond acceptors (Lipinski definition) is 5. The Labute approximate surface area is 209 Å².